The zero-order valence-corrected chi connectivity index (χ0v) is 22.1. The molecule has 10 heteroatoms. The second kappa shape index (κ2) is 12.8. The molecule has 3 rings (SSSR count). The molecule has 0 aliphatic rings. The van der Waals surface area contributed by atoms with E-state index in [0.29, 0.717) is 11.4 Å². The lowest BCUT2D eigenvalue weighted by molar-refractivity contribution is -0.136. The number of halogens is 1. The third kappa shape index (κ3) is 7.62. The predicted octanol–water partition coefficient (Wildman–Crippen LogP) is 3.93. The number of sulfonamides is 1. The maximum absolute atomic E-state index is 13.3. The first-order chi connectivity index (χ1) is 17.6. The summed E-state index contributed by atoms with van der Waals surface area (Å²) in [6, 6.07) is 20.1. The fraction of sp³-hybridized carbons (Fsp3) is 0.259. The van der Waals surface area contributed by atoms with Crippen LogP contribution in [0.4, 0.5) is 0 Å². The first kappa shape index (κ1) is 28.3. The van der Waals surface area contributed by atoms with Crippen molar-refractivity contribution in [1.29, 1.82) is 0 Å². The Kier molecular flexibility index (Phi) is 9.82. The van der Waals surface area contributed by atoms with Crippen molar-refractivity contribution in [3.63, 3.8) is 0 Å². The van der Waals surface area contributed by atoms with E-state index in [1.54, 1.807) is 60.9 Å². The van der Waals surface area contributed by atoms with Crippen LogP contribution in [0.3, 0.4) is 0 Å². The van der Waals surface area contributed by atoms with Crippen LogP contribution in [-0.2, 0) is 26.0 Å². The normalized spacial score (nSPS) is 13.8. The quantitative estimate of drug-likeness (QED) is 0.215. The van der Waals surface area contributed by atoms with E-state index in [4.69, 9.17) is 16.8 Å². The van der Waals surface area contributed by atoms with Crippen LogP contribution >= 0.6 is 11.6 Å². The number of nitrogens with one attached hydrogen (secondary N) is 3. The zero-order valence-electron chi connectivity index (χ0n) is 20.5. The van der Waals surface area contributed by atoms with Crippen molar-refractivity contribution in [1.82, 2.24) is 15.5 Å². The second-order valence-corrected chi connectivity index (χ2v) is 10.9. The minimum absolute atomic E-state index is 0.0114. The first-order valence-corrected chi connectivity index (χ1v) is 13.7. The highest BCUT2D eigenvalue weighted by Gasteiger charge is 2.31. The summed E-state index contributed by atoms with van der Waals surface area (Å²) in [6.45, 7) is 3.59. The van der Waals surface area contributed by atoms with Crippen LogP contribution < -0.4 is 15.5 Å². The summed E-state index contributed by atoms with van der Waals surface area (Å²) < 4.78 is 29.0. The molecule has 0 aliphatic carbocycles. The fourth-order valence-corrected chi connectivity index (χ4v) is 5.11. The molecule has 8 nitrogen and oxygen atoms in total. The third-order valence-electron chi connectivity index (χ3n) is 6.14. The van der Waals surface area contributed by atoms with Crippen LogP contribution in [0.2, 0.25) is 5.02 Å². The number of rotatable bonds is 11. The Balaban J connectivity index is 1.86. The number of amides is 2. The van der Waals surface area contributed by atoms with E-state index in [9.17, 15) is 18.0 Å². The van der Waals surface area contributed by atoms with Gasteiger partial charge in [-0.05, 0) is 53.3 Å². The van der Waals surface area contributed by atoms with E-state index in [-0.39, 0.29) is 17.2 Å². The summed E-state index contributed by atoms with van der Waals surface area (Å²) in [4.78, 5) is 25.4. The van der Waals surface area contributed by atoms with E-state index in [2.05, 4.69) is 10.0 Å². The third-order valence-corrected chi connectivity index (χ3v) is 7.88. The molecule has 4 N–H and O–H groups in total. The van der Waals surface area contributed by atoms with Crippen molar-refractivity contribution in [2.45, 2.75) is 43.7 Å². The molecule has 0 spiro atoms. The van der Waals surface area contributed by atoms with Gasteiger partial charge in [-0.1, -0.05) is 86.5 Å². The first-order valence-electron chi connectivity index (χ1n) is 11.8. The summed E-state index contributed by atoms with van der Waals surface area (Å²) in [5.41, 5.74) is 3.98. The van der Waals surface area contributed by atoms with Gasteiger partial charge in [0.1, 0.15) is 12.1 Å². The van der Waals surface area contributed by atoms with Gasteiger partial charge in [0.25, 0.3) is 5.91 Å². The molecule has 0 aromatic heterocycles. The number of hydrogen-bond acceptors (Lipinski definition) is 5. The number of benzene rings is 3. The van der Waals surface area contributed by atoms with E-state index < -0.39 is 33.9 Å². The molecular weight excluding hydrogens is 514 g/mol. The molecule has 0 fully saturated rings. The van der Waals surface area contributed by atoms with E-state index in [0.717, 1.165) is 16.7 Å². The van der Waals surface area contributed by atoms with Gasteiger partial charge in [0.05, 0.1) is 4.90 Å². The Bertz CT molecular complexity index is 1300. The fourth-order valence-electron chi connectivity index (χ4n) is 3.79. The van der Waals surface area contributed by atoms with Crippen LogP contribution in [0, 0.1) is 5.92 Å². The molecule has 0 radical (unpaired) electrons. The SMILES string of the molecule is CC[C@H](C)[C@H](NC(=O)[C@@H](Cc1ccccc1)NS(=O)(=O)c1ccc(-c2ccc(Cl)cc2)cc1)C(=O)NO. The minimum atomic E-state index is -4.10. The van der Waals surface area contributed by atoms with Crippen LogP contribution in [-0.4, -0.2) is 37.5 Å². The maximum Gasteiger partial charge on any atom is 0.266 e. The smallest absolute Gasteiger partial charge is 0.266 e. The lowest BCUT2D eigenvalue weighted by atomic mass is 9.97. The van der Waals surface area contributed by atoms with E-state index in [1.165, 1.54) is 12.1 Å². The molecule has 0 unspecified atom stereocenters. The van der Waals surface area contributed by atoms with Crippen molar-refractivity contribution in [2.75, 3.05) is 0 Å². The Morgan fingerprint density at radius 2 is 1.46 bits per heavy atom. The second-order valence-electron chi connectivity index (χ2n) is 8.74. The summed E-state index contributed by atoms with van der Waals surface area (Å²) in [5, 5.41) is 12.3. The summed E-state index contributed by atoms with van der Waals surface area (Å²) >= 11 is 5.94. The summed E-state index contributed by atoms with van der Waals surface area (Å²) in [6.07, 6.45) is 0.607. The van der Waals surface area contributed by atoms with Gasteiger partial charge in [-0.25, -0.2) is 13.9 Å². The lowest BCUT2D eigenvalue weighted by Crippen LogP contribution is -2.56. The lowest BCUT2D eigenvalue weighted by Gasteiger charge is -2.25. The largest absolute Gasteiger partial charge is 0.343 e. The van der Waals surface area contributed by atoms with Crippen molar-refractivity contribution in [3.8, 4) is 11.1 Å². The van der Waals surface area contributed by atoms with Crippen LogP contribution in [0.1, 0.15) is 25.8 Å². The van der Waals surface area contributed by atoms with Crippen molar-refractivity contribution in [3.05, 3.63) is 89.4 Å². The molecule has 0 bridgehead atoms. The molecule has 2 amide bonds. The Labute approximate surface area is 222 Å². The highest BCUT2D eigenvalue weighted by atomic mass is 35.5. The van der Waals surface area contributed by atoms with Crippen molar-refractivity contribution < 1.29 is 23.2 Å². The number of carbonyl (C=O) groups excluding carboxylic acids is 2. The number of hydrogen-bond donors (Lipinski definition) is 4. The van der Waals surface area contributed by atoms with Gasteiger partial charge < -0.3 is 5.32 Å². The molecular formula is C27H30ClN3O5S. The van der Waals surface area contributed by atoms with E-state index in [1.807, 2.05) is 25.1 Å². The molecule has 0 saturated carbocycles. The summed E-state index contributed by atoms with van der Waals surface area (Å²) in [5.74, 6) is -1.76. The van der Waals surface area contributed by atoms with E-state index >= 15 is 0 Å². The average molecular weight is 544 g/mol. The predicted molar refractivity (Wildman–Crippen MR) is 142 cm³/mol. The topological polar surface area (TPSA) is 125 Å². The van der Waals surface area contributed by atoms with Crippen molar-refractivity contribution in [2.24, 2.45) is 5.92 Å². The maximum atomic E-state index is 13.3. The molecule has 3 aromatic carbocycles. The van der Waals surface area contributed by atoms with Crippen LogP contribution in [0.25, 0.3) is 11.1 Å². The molecule has 0 aliphatic heterocycles. The summed E-state index contributed by atoms with van der Waals surface area (Å²) in [7, 11) is -4.10. The zero-order chi connectivity index (χ0) is 27.0. The highest BCUT2D eigenvalue weighted by Crippen LogP contribution is 2.23. The minimum Gasteiger partial charge on any atom is -0.343 e. The molecule has 196 valence electrons. The number of hydroxylamine groups is 1. The highest BCUT2D eigenvalue weighted by molar-refractivity contribution is 7.89. The standard InChI is InChI=1S/C27H30ClN3O5S/c1-3-18(2)25(27(33)30-34)29-26(32)24(17-19-7-5-4-6-8-19)31-37(35,36)23-15-11-21(12-16-23)20-9-13-22(28)14-10-20/h4-16,18,24-25,31,34H,3,17H2,1-2H3,(H,29,32)(H,30,33)/t18-,24+,25-/m0/s1. The van der Waals surface area contributed by atoms with Gasteiger partial charge in [-0.2, -0.15) is 4.72 Å². The van der Waals surface area contributed by atoms with Gasteiger partial charge >= 0.3 is 0 Å². The Hall–Kier alpha value is -3.24. The molecule has 37 heavy (non-hydrogen) atoms. The Morgan fingerprint density at radius 3 is 2.00 bits per heavy atom. The average Bonchev–Trinajstić information content (AvgIpc) is 2.91. The van der Waals surface area contributed by atoms with Crippen LogP contribution in [0.15, 0.2) is 83.8 Å². The van der Waals surface area contributed by atoms with Gasteiger partial charge in [-0.15, -0.1) is 0 Å². The van der Waals surface area contributed by atoms with Gasteiger partial charge in [0.2, 0.25) is 15.9 Å². The monoisotopic (exact) mass is 543 g/mol. The molecule has 3 atom stereocenters. The van der Waals surface area contributed by atoms with Gasteiger partial charge in [0.15, 0.2) is 0 Å². The van der Waals surface area contributed by atoms with Gasteiger partial charge in [0, 0.05) is 5.02 Å². The Morgan fingerprint density at radius 1 is 0.892 bits per heavy atom. The number of carbonyl (C=O) groups is 2. The molecule has 0 saturated heterocycles. The molecule has 3 aromatic rings. The van der Waals surface area contributed by atoms with Crippen molar-refractivity contribution >= 4 is 33.4 Å². The van der Waals surface area contributed by atoms with Gasteiger partial charge in [-0.3, -0.25) is 14.8 Å². The molecule has 0 heterocycles. The van der Waals surface area contributed by atoms with Crippen LogP contribution in [0.5, 0.6) is 0 Å².